The molecule has 0 spiro atoms. The fourth-order valence-corrected chi connectivity index (χ4v) is 2.36. The summed E-state index contributed by atoms with van der Waals surface area (Å²) < 4.78 is 1.75. The first-order chi connectivity index (χ1) is 11.9. The van der Waals surface area contributed by atoms with Crippen LogP contribution in [0, 0.1) is 0 Å². The number of benzene rings is 1. The second-order valence-electron chi connectivity index (χ2n) is 5.12. The number of hydrogen-bond acceptors (Lipinski definition) is 5. The minimum Gasteiger partial charge on any atom is -0.347 e. The Labute approximate surface area is 138 Å². The van der Waals surface area contributed by atoms with Gasteiger partial charge in [0, 0.05) is 24.8 Å². The summed E-state index contributed by atoms with van der Waals surface area (Å²) in [5.41, 5.74) is 2.83. The van der Waals surface area contributed by atoms with Gasteiger partial charge >= 0.3 is 0 Å². The van der Waals surface area contributed by atoms with Crippen LogP contribution < -0.4 is 5.32 Å². The normalized spacial score (nSPS) is 11.2. The van der Waals surface area contributed by atoms with E-state index in [0.717, 1.165) is 22.5 Å². The molecule has 6 nitrogen and oxygen atoms in total. The van der Waals surface area contributed by atoms with Crippen molar-refractivity contribution >= 4 is 17.4 Å². The molecular weight excluding hydrogens is 300 g/mol. The van der Waals surface area contributed by atoms with E-state index in [2.05, 4.69) is 25.4 Å². The quantitative estimate of drug-likeness (QED) is 0.626. The lowest BCUT2D eigenvalue weighted by atomic mass is 10.2. The van der Waals surface area contributed by atoms with Crippen LogP contribution in [0.15, 0.2) is 73.6 Å². The molecule has 0 radical (unpaired) electrons. The third-order valence-electron chi connectivity index (χ3n) is 3.53. The summed E-state index contributed by atoms with van der Waals surface area (Å²) in [6.45, 7) is 0. The molecule has 0 saturated carbocycles. The Hall–Kier alpha value is -3.54. The summed E-state index contributed by atoms with van der Waals surface area (Å²) in [5.74, 6) is 1.33. The van der Waals surface area contributed by atoms with Gasteiger partial charge in [0.2, 0.25) is 0 Å². The number of nitrogens with one attached hydrogen (secondary N) is 1. The van der Waals surface area contributed by atoms with E-state index in [4.69, 9.17) is 0 Å². The number of hydrogen-bond donors (Lipinski definition) is 1. The van der Waals surface area contributed by atoms with Crippen molar-refractivity contribution in [1.29, 1.82) is 0 Å². The Morgan fingerprint density at radius 1 is 1.00 bits per heavy atom. The maximum Gasteiger partial charge on any atom is 0.165 e. The van der Waals surface area contributed by atoms with Gasteiger partial charge in [-0.25, -0.2) is 14.5 Å². The number of nitrogens with zero attached hydrogens (tertiary/aromatic N) is 5. The summed E-state index contributed by atoms with van der Waals surface area (Å²) in [5, 5.41) is 7.46. The average Bonchev–Trinajstić information content (AvgIpc) is 3.07. The van der Waals surface area contributed by atoms with Crippen molar-refractivity contribution in [2.75, 3.05) is 5.32 Å². The van der Waals surface area contributed by atoms with Crippen molar-refractivity contribution < 1.29 is 0 Å². The standard InChI is InChI=1S/C18H14N6/c1-2-4-14(5-3-1)6-8-20-17-7-9-21-18(23-17)15-12-22-24-11-10-19-13-16(15)24/h1-13H,(H,20,21,23). The van der Waals surface area contributed by atoms with Gasteiger partial charge in [-0.05, 0) is 17.7 Å². The fraction of sp³-hybridized carbons (Fsp3) is 0. The highest BCUT2D eigenvalue weighted by molar-refractivity contribution is 5.75. The molecule has 3 aromatic heterocycles. The van der Waals surface area contributed by atoms with Gasteiger partial charge in [0.1, 0.15) is 5.82 Å². The van der Waals surface area contributed by atoms with Crippen LogP contribution in [0.1, 0.15) is 5.56 Å². The lowest BCUT2D eigenvalue weighted by molar-refractivity contribution is 0.946. The van der Waals surface area contributed by atoms with E-state index in [1.54, 1.807) is 35.5 Å². The van der Waals surface area contributed by atoms with E-state index in [0.29, 0.717) is 5.82 Å². The van der Waals surface area contributed by atoms with E-state index in [1.807, 2.05) is 48.7 Å². The van der Waals surface area contributed by atoms with Gasteiger partial charge in [0.25, 0.3) is 0 Å². The minimum absolute atomic E-state index is 0.608. The zero-order valence-corrected chi connectivity index (χ0v) is 12.7. The summed E-state index contributed by atoms with van der Waals surface area (Å²) in [6, 6.07) is 11.9. The van der Waals surface area contributed by atoms with Crippen molar-refractivity contribution in [3.63, 3.8) is 0 Å². The molecule has 1 N–H and O–H groups in total. The first-order valence-electron chi connectivity index (χ1n) is 7.49. The lowest BCUT2D eigenvalue weighted by Crippen LogP contribution is -1.95. The Bertz CT molecular complexity index is 991. The van der Waals surface area contributed by atoms with Gasteiger partial charge in [-0.2, -0.15) is 5.10 Å². The van der Waals surface area contributed by atoms with Gasteiger partial charge in [0.15, 0.2) is 5.82 Å². The number of fused-ring (bicyclic) bond motifs is 1. The molecule has 24 heavy (non-hydrogen) atoms. The molecular formula is C18H14N6. The number of aromatic nitrogens is 5. The van der Waals surface area contributed by atoms with Gasteiger partial charge in [-0.15, -0.1) is 0 Å². The first-order valence-corrected chi connectivity index (χ1v) is 7.49. The Morgan fingerprint density at radius 3 is 2.83 bits per heavy atom. The zero-order valence-electron chi connectivity index (χ0n) is 12.7. The maximum absolute atomic E-state index is 4.54. The fourth-order valence-electron chi connectivity index (χ4n) is 2.36. The van der Waals surface area contributed by atoms with Crippen molar-refractivity contribution in [2.24, 2.45) is 0 Å². The van der Waals surface area contributed by atoms with Gasteiger partial charge in [0.05, 0.1) is 23.5 Å². The molecule has 6 heteroatoms. The molecule has 1 aromatic carbocycles. The third kappa shape index (κ3) is 2.85. The van der Waals surface area contributed by atoms with E-state index >= 15 is 0 Å². The lowest BCUT2D eigenvalue weighted by Gasteiger charge is -2.02. The molecule has 0 unspecified atom stereocenters. The van der Waals surface area contributed by atoms with Crippen LogP contribution in [-0.4, -0.2) is 24.6 Å². The molecule has 0 aliphatic carbocycles. The minimum atomic E-state index is 0.608. The molecule has 4 rings (SSSR count). The molecule has 3 heterocycles. The third-order valence-corrected chi connectivity index (χ3v) is 3.53. The largest absolute Gasteiger partial charge is 0.347 e. The second-order valence-corrected chi connectivity index (χ2v) is 5.12. The van der Waals surface area contributed by atoms with Crippen LogP contribution in [-0.2, 0) is 0 Å². The van der Waals surface area contributed by atoms with Crippen molar-refractivity contribution in [3.8, 4) is 11.4 Å². The van der Waals surface area contributed by atoms with Gasteiger partial charge < -0.3 is 5.32 Å². The molecule has 0 amide bonds. The van der Waals surface area contributed by atoms with Crippen molar-refractivity contribution in [1.82, 2.24) is 24.6 Å². The van der Waals surface area contributed by atoms with E-state index in [1.165, 1.54) is 0 Å². The Kier molecular flexibility index (Phi) is 3.69. The molecule has 0 bridgehead atoms. The Balaban J connectivity index is 1.59. The van der Waals surface area contributed by atoms with E-state index in [9.17, 15) is 0 Å². The van der Waals surface area contributed by atoms with Crippen LogP contribution in [0.3, 0.4) is 0 Å². The van der Waals surface area contributed by atoms with Crippen molar-refractivity contribution in [2.45, 2.75) is 0 Å². The van der Waals surface area contributed by atoms with Crippen LogP contribution in [0.4, 0.5) is 5.82 Å². The topological polar surface area (TPSA) is 68.0 Å². The van der Waals surface area contributed by atoms with Gasteiger partial charge in [-0.3, -0.25) is 4.98 Å². The molecule has 4 aromatic rings. The zero-order chi connectivity index (χ0) is 16.2. The monoisotopic (exact) mass is 314 g/mol. The average molecular weight is 314 g/mol. The molecule has 0 fully saturated rings. The summed E-state index contributed by atoms with van der Waals surface area (Å²) >= 11 is 0. The summed E-state index contributed by atoms with van der Waals surface area (Å²) in [7, 11) is 0. The Morgan fingerprint density at radius 2 is 1.92 bits per heavy atom. The van der Waals surface area contributed by atoms with Gasteiger partial charge in [-0.1, -0.05) is 30.3 Å². The number of anilines is 1. The summed E-state index contributed by atoms with van der Waals surface area (Å²) in [4.78, 5) is 13.0. The highest BCUT2D eigenvalue weighted by Crippen LogP contribution is 2.21. The predicted octanol–water partition coefficient (Wildman–Crippen LogP) is 3.27. The molecule has 0 atom stereocenters. The first kappa shape index (κ1) is 14.1. The number of rotatable bonds is 4. The van der Waals surface area contributed by atoms with Crippen LogP contribution >= 0.6 is 0 Å². The molecule has 116 valence electrons. The summed E-state index contributed by atoms with van der Waals surface area (Å²) in [6.07, 6.45) is 12.6. The van der Waals surface area contributed by atoms with Crippen LogP contribution in [0.2, 0.25) is 0 Å². The van der Waals surface area contributed by atoms with Crippen LogP contribution in [0.25, 0.3) is 23.0 Å². The molecule has 0 saturated heterocycles. The molecule has 0 aliphatic heterocycles. The SMILES string of the molecule is C(=Cc1ccccc1)Nc1ccnc(-c2cnn3ccncc23)n1. The second kappa shape index (κ2) is 6.29. The van der Waals surface area contributed by atoms with Crippen molar-refractivity contribution in [3.05, 3.63) is 79.1 Å². The molecule has 0 aliphatic rings. The maximum atomic E-state index is 4.54. The van der Waals surface area contributed by atoms with E-state index in [-0.39, 0.29) is 0 Å². The van der Waals surface area contributed by atoms with Crippen LogP contribution in [0.5, 0.6) is 0 Å². The highest BCUT2D eigenvalue weighted by Gasteiger charge is 2.09. The highest BCUT2D eigenvalue weighted by atomic mass is 15.2. The van der Waals surface area contributed by atoms with E-state index < -0.39 is 0 Å². The smallest absolute Gasteiger partial charge is 0.165 e. The predicted molar refractivity (Wildman–Crippen MR) is 93.1 cm³/mol.